The van der Waals surface area contributed by atoms with Crippen LogP contribution in [0.4, 0.5) is 0 Å². The van der Waals surface area contributed by atoms with Crippen LogP contribution >= 0.6 is 0 Å². The normalized spacial score (nSPS) is 10.2. The Hall–Kier alpha value is -0.940. The van der Waals surface area contributed by atoms with Gasteiger partial charge in [0.05, 0.1) is 6.42 Å². The first-order chi connectivity index (χ1) is 8.29. The van der Waals surface area contributed by atoms with Crippen molar-refractivity contribution >= 4 is 11.8 Å². The molecule has 0 amide bonds. The molecule has 0 saturated carbocycles. The smallest absolute Gasteiger partial charge is 0.303 e. The van der Waals surface area contributed by atoms with Gasteiger partial charge in [0.1, 0.15) is 5.78 Å². The first kappa shape index (κ1) is 19.4. The number of hydrogen-bond acceptors (Lipinski definition) is 4. The van der Waals surface area contributed by atoms with E-state index in [1.165, 1.54) is 26.4 Å². The van der Waals surface area contributed by atoms with Gasteiger partial charge in [-0.15, -0.1) is 0 Å². The van der Waals surface area contributed by atoms with Gasteiger partial charge >= 0.3 is 5.97 Å². The summed E-state index contributed by atoms with van der Waals surface area (Å²) in [6.07, 6.45) is 1.36. The molecule has 0 rings (SSSR count). The van der Waals surface area contributed by atoms with Crippen molar-refractivity contribution in [2.75, 3.05) is 40.8 Å². The van der Waals surface area contributed by atoms with Gasteiger partial charge in [0, 0.05) is 19.5 Å². The van der Waals surface area contributed by atoms with Gasteiger partial charge in [-0.2, -0.15) is 0 Å². The number of aliphatic carboxylic acids is 1. The fourth-order valence-electron chi connectivity index (χ4n) is 1.15. The summed E-state index contributed by atoms with van der Waals surface area (Å²) >= 11 is 0. The standard InChI is InChI=1S/C8H20N2.C5H8O3/c1-5-6-10(4)8-7-9(2)3;1-4(6)2-3-5(7)8/h5-8H2,1-4H3;2-3H2,1H3,(H,7,8). The monoisotopic (exact) mass is 260 g/mol. The lowest BCUT2D eigenvalue weighted by Gasteiger charge is -2.17. The molecule has 0 aliphatic carbocycles. The maximum atomic E-state index is 10.1. The molecule has 0 spiro atoms. The minimum absolute atomic E-state index is 0.0463. The number of hydrogen-bond donors (Lipinski definition) is 1. The zero-order valence-corrected chi connectivity index (χ0v) is 12.4. The van der Waals surface area contributed by atoms with Crippen LogP contribution in [0.25, 0.3) is 0 Å². The third-order valence-electron chi connectivity index (χ3n) is 2.23. The third-order valence-corrected chi connectivity index (χ3v) is 2.23. The molecular weight excluding hydrogens is 232 g/mol. The Morgan fingerprint density at radius 2 is 1.56 bits per heavy atom. The molecule has 5 heteroatoms. The summed E-state index contributed by atoms with van der Waals surface area (Å²) in [5.74, 6) is -0.993. The van der Waals surface area contributed by atoms with Gasteiger partial charge in [0.2, 0.25) is 0 Å². The maximum absolute atomic E-state index is 10.1. The highest BCUT2D eigenvalue weighted by atomic mass is 16.4. The van der Waals surface area contributed by atoms with Crippen LogP contribution in [-0.4, -0.2) is 67.4 Å². The van der Waals surface area contributed by atoms with Crippen molar-refractivity contribution in [1.29, 1.82) is 0 Å². The van der Waals surface area contributed by atoms with Crippen molar-refractivity contribution in [1.82, 2.24) is 9.80 Å². The highest BCUT2D eigenvalue weighted by molar-refractivity contribution is 5.80. The molecule has 0 aliphatic heterocycles. The molecule has 0 unspecified atom stereocenters. The van der Waals surface area contributed by atoms with Gasteiger partial charge in [0.15, 0.2) is 0 Å². The number of carbonyl (C=O) groups is 2. The highest BCUT2D eigenvalue weighted by Crippen LogP contribution is 1.88. The van der Waals surface area contributed by atoms with E-state index in [4.69, 9.17) is 5.11 Å². The fourth-order valence-corrected chi connectivity index (χ4v) is 1.15. The van der Waals surface area contributed by atoms with Crippen LogP contribution in [0, 0.1) is 0 Å². The molecule has 0 heterocycles. The second-order valence-electron chi connectivity index (χ2n) is 4.70. The molecule has 1 N–H and O–H groups in total. The van der Waals surface area contributed by atoms with E-state index in [1.807, 2.05) is 0 Å². The van der Waals surface area contributed by atoms with Crippen molar-refractivity contribution in [3.63, 3.8) is 0 Å². The van der Waals surface area contributed by atoms with Crippen molar-refractivity contribution in [3.8, 4) is 0 Å². The summed E-state index contributed by atoms with van der Waals surface area (Å²) in [5.41, 5.74) is 0. The zero-order chi connectivity index (χ0) is 14.6. The van der Waals surface area contributed by atoms with Gasteiger partial charge in [0.25, 0.3) is 0 Å². The van der Waals surface area contributed by atoms with Gasteiger partial charge in [-0.05, 0) is 41.0 Å². The third kappa shape index (κ3) is 20.5. The predicted octanol–water partition coefficient (Wildman–Crippen LogP) is 1.33. The van der Waals surface area contributed by atoms with Gasteiger partial charge in [-0.1, -0.05) is 6.92 Å². The Morgan fingerprint density at radius 3 is 1.83 bits per heavy atom. The maximum Gasteiger partial charge on any atom is 0.303 e. The number of carboxylic acid groups (broad SMARTS) is 1. The molecule has 0 aromatic rings. The Morgan fingerprint density at radius 1 is 1.00 bits per heavy atom. The quantitative estimate of drug-likeness (QED) is 0.713. The molecule has 0 saturated heterocycles. The molecule has 18 heavy (non-hydrogen) atoms. The number of carboxylic acids is 1. The number of rotatable bonds is 8. The molecule has 0 aromatic carbocycles. The van der Waals surface area contributed by atoms with Crippen molar-refractivity contribution in [3.05, 3.63) is 0 Å². The first-order valence-corrected chi connectivity index (χ1v) is 6.34. The fraction of sp³-hybridized carbons (Fsp3) is 0.846. The molecule has 5 nitrogen and oxygen atoms in total. The van der Waals surface area contributed by atoms with E-state index in [0.717, 1.165) is 6.54 Å². The van der Waals surface area contributed by atoms with E-state index in [9.17, 15) is 9.59 Å². The van der Waals surface area contributed by atoms with Crippen molar-refractivity contribution in [2.24, 2.45) is 0 Å². The SMILES string of the molecule is CC(=O)CCC(=O)O.CCCN(C)CCN(C)C. The number of carbonyl (C=O) groups excluding carboxylic acids is 1. The Balaban J connectivity index is 0. The average Bonchev–Trinajstić information content (AvgIpc) is 2.25. The highest BCUT2D eigenvalue weighted by Gasteiger charge is 1.98. The summed E-state index contributed by atoms with van der Waals surface area (Å²) in [7, 11) is 6.40. The Kier molecular flexibility index (Phi) is 13.5. The number of ketones is 1. The van der Waals surface area contributed by atoms with Gasteiger partial charge < -0.3 is 19.7 Å². The van der Waals surface area contributed by atoms with E-state index < -0.39 is 5.97 Å². The minimum atomic E-state index is -0.916. The molecule has 0 aromatic heterocycles. The Bertz CT molecular complexity index is 216. The molecule has 0 atom stereocenters. The molecule has 0 aliphatic rings. The van der Waals surface area contributed by atoms with Gasteiger partial charge in [-0.25, -0.2) is 0 Å². The summed E-state index contributed by atoms with van der Waals surface area (Å²) in [6, 6.07) is 0. The Labute approximate surface area is 111 Å². The molecule has 0 fully saturated rings. The molecule has 108 valence electrons. The predicted molar refractivity (Wildman–Crippen MR) is 73.9 cm³/mol. The van der Waals surface area contributed by atoms with E-state index >= 15 is 0 Å². The lowest BCUT2D eigenvalue weighted by atomic mass is 10.2. The average molecular weight is 260 g/mol. The lowest BCUT2D eigenvalue weighted by Crippen LogP contribution is -2.29. The number of Topliss-reactive ketones (excluding diaryl/α,β-unsaturated/α-hetero) is 1. The van der Waals surface area contributed by atoms with E-state index in [0.29, 0.717) is 0 Å². The van der Waals surface area contributed by atoms with Crippen molar-refractivity contribution in [2.45, 2.75) is 33.1 Å². The van der Waals surface area contributed by atoms with Crippen LogP contribution in [0.15, 0.2) is 0 Å². The van der Waals surface area contributed by atoms with Crippen LogP contribution in [-0.2, 0) is 9.59 Å². The van der Waals surface area contributed by atoms with E-state index in [-0.39, 0.29) is 18.6 Å². The summed E-state index contributed by atoms with van der Waals surface area (Å²) in [4.78, 5) is 24.4. The number of likely N-dealkylation sites (N-methyl/N-ethyl adjacent to an activating group) is 2. The second-order valence-corrected chi connectivity index (χ2v) is 4.70. The molecular formula is C13H28N2O3. The lowest BCUT2D eigenvalue weighted by molar-refractivity contribution is -0.138. The van der Waals surface area contributed by atoms with E-state index in [2.05, 4.69) is 37.9 Å². The molecule has 0 radical (unpaired) electrons. The van der Waals surface area contributed by atoms with E-state index in [1.54, 1.807) is 0 Å². The number of nitrogens with zero attached hydrogens (tertiary/aromatic N) is 2. The van der Waals surface area contributed by atoms with Crippen LogP contribution in [0.3, 0.4) is 0 Å². The largest absolute Gasteiger partial charge is 0.481 e. The first-order valence-electron chi connectivity index (χ1n) is 6.34. The van der Waals surface area contributed by atoms with Crippen LogP contribution in [0.5, 0.6) is 0 Å². The summed E-state index contributed by atoms with van der Waals surface area (Å²) in [6.45, 7) is 7.15. The minimum Gasteiger partial charge on any atom is -0.481 e. The topological polar surface area (TPSA) is 60.9 Å². The van der Waals surface area contributed by atoms with Crippen LogP contribution in [0.2, 0.25) is 0 Å². The van der Waals surface area contributed by atoms with Gasteiger partial charge in [-0.3, -0.25) is 4.79 Å². The van der Waals surface area contributed by atoms with Crippen molar-refractivity contribution < 1.29 is 14.7 Å². The summed E-state index contributed by atoms with van der Waals surface area (Å²) in [5, 5.41) is 8.01. The zero-order valence-electron chi connectivity index (χ0n) is 12.4. The second kappa shape index (κ2) is 12.5. The summed E-state index contributed by atoms with van der Waals surface area (Å²) < 4.78 is 0. The molecule has 0 bridgehead atoms. The van der Waals surface area contributed by atoms with Crippen LogP contribution in [0.1, 0.15) is 33.1 Å². The van der Waals surface area contributed by atoms with Crippen LogP contribution < -0.4 is 0 Å².